The fraction of sp³-hybridized carbons (Fsp3) is 0.150. The Bertz CT molecular complexity index is 1040. The molecule has 2 aromatic carbocycles. The van der Waals surface area contributed by atoms with E-state index in [0.717, 1.165) is 17.0 Å². The Balaban J connectivity index is 1.73. The second-order valence-electron chi connectivity index (χ2n) is 6.14. The van der Waals surface area contributed by atoms with Crippen LogP contribution in [0.2, 0.25) is 0 Å². The van der Waals surface area contributed by atoms with E-state index in [2.05, 4.69) is 5.32 Å². The lowest BCUT2D eigenvalue weighted by Crippen LogP contribution is -2.36. The van der Waals surface area contributed by atoms with E-state index in [1.165, 1.54) is 25.3 Å². The second-order valence-corrected chi connectivity index (χ2v) is 7.13. The number of carbonyl (C=O) groups is 3. The van der Waals surface area contributed by atoms with Crippen molar-refractivity contribution in [2.24, 2.45) is 0 Å². The first-order chi connectivity index (χ1) is 14.2. The van der Waals surface area contributed by atoms with Gasteiger partial charge in [0.15, 0.2) is 0 Å². The van der Waals surface area contributed by atoms with E-state index in [4.69, 9.17) is 4.74 Å². The topological polar surface area (TPSA) is 75.7 Å². The van der Waals surface area contributed by atoms with Crippen LogP contribution in [0.1, 0.15) is 11.1 Å². The highest BCUT2D eigenvalue weighted by atomic mass is 32.2. The highest BCUT2D eigenvalue weighted by molar-refractivity contribution is 8.18. The largest absolute Gasteiger partial charge is 0.495 e. The predicted octanol–water partition coefficient (Wildman–Crippen LogP) is 4.39. The number of hydrogen-bond donors (Lipinski definition) is 1. The zero-order valence-electron chi connectivity index (χ0n) is 15.5. The molecule has 6 nitrogen and oxygen atoms in total. The Morgan fingerprint density at radius 3 is 2.60 bits per heavy atom. The van der Waals surface area contributed by atoms with E-state index in [-0.39, 0.29) is 10.5 Å². The number of thioether (sulfide) groups is 1. The van der Waals surface area contributed by atoms with Crippen molar-refractivity contribution in [3.63, 3.8) is 0 Å². The summed E-state index contributed by atoms with van der Waals surface area (Å²) in [5.74, 6) is -0.968. The molecule has 0 atom stereocenters. The zero-order chi connectivity index (χ0) is 21.9. The average molecular weight is 436 g/mol. The van der Waals surface area contributed by atoms with Crippen LogP contribution in [0.15, 0.2) is 53.4 Å². The van der Waals surface area contributed by atoms with Crippen molar-refractivity contribution in [3.8, 4) is 5.75 Å². The number of para-hydroxylation sites is 2. The van der Waals surface area contributed by atoms with E-state index in [0.29, 0.717) is 23.2 Å². The van der Waals surface area contributed by atoms with Gasteiger partial charge in [0.25, 0.3) is 11.1 Å². The first kappa shape index (κ1) is 21.4. The molecule has 1 saturated heterocycles. The maximum absolute atomic E-state index is 12.9. The Hall–Kier alpha value is -3.27. The van der Waals surface area contributed by atoms with Crippen LogP contribution in [0, 0.1) is 0 Å². The summed E-state index contributed by atoms with van der Waals surface area (Å²) in [7, 11) is 1.43. The normalized spacial score (nSPS) is 15.6. The zero-order valence-corrected chi connectivity index (χ0v) is 16.3. The molecule has 0 saturated carbocycles. The van der Waals surface area contributed by atoms with Gasteiger partial charge in [-0.3, -0.25) is 19.3 Å². The highest BCUT2D eigenvalue weighted by Crippen LogP contribution is 2.34. The van der Waals surface area contributed by atoms with Gasteiger partial charge in [0.05, 0.1) is 23.3 Å². The predicted molar refractivity (Wildman–Crippen MR) is 106 cm³/mol. The second kappa shape index (κ2) is 8.62. The van der Waals surface area contributed by atoms with Gasteiger partial charge in [0, 0.05) is 0 Å². The summed E-state index contributed by atoms with van der Waals surface area (Å²) >= 11 is 0.559. The molecule has 10 heteroatoms. The summed E-state index contributed by atoms with van der Waals surface area (Å²) in [6.07, 6.45) is -3.34. The van der Waals surface area contributed by atoms with Gasteiger partial charge >= 0.3 is 6.18 Å². The van der Waals surface area contributed by atoms with Crippen LogP contribution in [-0.4, -0.2) is 35.6 Å². The molecule has 3 rings (SSSR count). The summed E-state index contributed by atoms with van der Waals surface area (Å²) in [6, 6.07) is 11.0. The van der Waals surface area contributed by atoms with Crippen molar-refractivity contribution in [1.82, 2.24) is 4.90 Å². The number of carbonyl (C=O) groups excluding carboxylic acids is 3. The van der Waals surface area contributed by atoms with Gasteiger partial charge in [0.2, 0.25) is 5.91 Å². The lowest BCUT2D eigenvalue weighted by Gasteiger charge is -2.14. The Morgan fingerprint density at radius 1 is 1.17 bits per heavy atom. The quantitative estimate of drug-likeness (QED) is 0.704. The van der Waals surface area contributed by atoms with E-state index >= 15 is 0 Å². The first-order valence-electron chi connectivity index (χ1n) is 8.54. The third-order valence-corrected chi connectivity index (χ3v) is 4.98. The van der Waals surface area contributed by atoms with Crippen molar-refractivity contribution >= 4 is 40.6 Å². The van der Waals surface area contributed by atoms with Gasteiger partial charge in [-0.1, -0.05) is 24.3 Å². The molecular weight excluding hydrogens is 421 g/mol. The number of benzene rings is 2. The van der Waals surface area contributed by atoms with Crippen molar-refractivity contribution in [1.29, 1.82) is 0 Å². The first-order valence-corrected chi connectivity index (χ1v) is 9.36. The smallest absolute Gasteiger partial charge is 0.416 e. The fourth-order valence-electron chi connectivity index (χ4n) is 2.67. The molecular formula is C20H15F3N2O4S. The molecule has 1 aliphatic rings. The van der Waals surface area contributed by atoms with Crippen LogP contribution in [-0.2, 0) is 15.8 Å². The van der Waals surface area contributed by atoms with Gasteiger partial charge < -0.3 is 10.1 Å². The van der Waals surface area contributed by atoms with E-state index in [1.807, 2.05) is 0 Å². The molecule has 0 aliphatic carbocycles. The molecule has 2 aromatic rings. The lowest BCUT2D eigenvalue weighted by molar-refractivity contribution is -0.137. The van der Waals surface area contributed by atoms with Crippen molar-refractivity contribution in [2.45, 2.75) is 6.18 Å². The maximum Gasteiger partial charge on any atom is 0.416 e. The van der Waals surface area contributed by atoms with Crippen LogP contribution in [0.3, 0.4) is 0 Å². The molecule has 0 unspecified atom stereocenters. The average Bonchev–Trinajstić information content (AvgIpc) is 2.95. The minimum atomic E-state index is -4.53. The number of anilines is 1. The fourth-order valence-corrected chi connectivity index (χ4v) is 3.51. The van der Waals surface area contributed by atoms with E-state index in [9.17, 15) is 27.6 Å². The monoisotopic (exact) mass is 436 g/mol. The Kier molecular flexibility index (Phi) is 6.16. The van der Waals surface area contributed by atoms with Crippen molar-refractivity contribution < 1.29 is 32.3 Å². The summed E-state index contributed by atoms with van der Waals surface area (Å²) in [5, 5.41) is 1.87. The standard InChI is InChI=1S/C20H15F3N2O4S/c1-29-15-8-3-2-7-14(15)24-17(26)11-25-18(27)16(30-19(25)28)10-12-5-4-6-13(9-12)20(21,22)23/h2-10H,11H2,1H3,(H,24,26)/b16-10+. The van der Waals surface area contributed by atoms with Gasteiger partial charge in [-0.05, 0) is 47.7 Å². The third kappa shape index (κ3) is 4.82. The molecule has 0 bridgehead atoms. The van der Waals surface area contributed by atoms with Crippen molar-refractivity contribution in [3.05, 3.63) is 64.6 Å². The van der Waals surface area contributed by atoms with Crippen molar-refractivity contribution in [2.75, 3.05) is 19.0 Å². The third-order valence-electron chi connectivity index (χ3n) is 4.07. The molecule has 0 aromatic heterocycles. The molecule has 156 valence electrons. The number of rotatable bonds is 5. The van der Waals surface area contributed by atoms with Crippen LogP contribution in [0.5, 0.6) is 5.75 Å². The number of imide groups is 1. The lowest BCUT2D eigenvalue weighted by atomic mass is 10.1. The number of nitrogens with one attached hydrogen (secondary N) is 1. The van der Waals surface area contributed by atoms with E-state index in [1.54, 1.807) is 24.3 Å². The number of nitrogens with zero attached hydrogens (tertiary/aromatic N) is 1. The Morgan fingerprint density at radius 2 is 1.90 bits per heavy atom. The number of ether oxygens (including phenoxy) is 1. The van der Waals surface area contributed by atoms with Gasteiger partial charge in [-0.15, -0.1) is 0 Å². The van der Waals surface area contributed by atoms with Crippen LogP contribution in [0.25, 0.3) is 6.08 Å². The van der Waals surface area contributed by atoms with Crippen LogP contribution in [0.4, 0.5) is 23.7 Å². The number of hydrogen-bond acceptors (Lipinski definition) is 5. The Labute approximate surface area is 173 Å². The molecule has 30 heavy (non-hydrogen) atoms. The molecule has 1 aliphatic heterocycles. The number of alkyl halides is 3. The number of amides is 3. The van der Waals surface area contributed by atoms with Gasteiger partial charge in [-0.25, -0.2) is 0 Å². The van der Waals surface area contributed by atoms with Gasteiger partial charge in [0.1, 0.15) is 12.3 Å². The molecule has 1 N–H and O–H groups in total. The molecule has 1 fully saturated rings. The number of halogens is 3. The summed E-state index contributed by atoms with van der Waals surface area (Å²) < 4.78 is 43.7. The SMILES string of the molecule is COc1ccccc1NC(=O)CN1C(=O)S/C(=C/c2cccc(C(F)(F)F)c2)C1=O. The van der Waals surface area contributed by atoms with Gasteiger partial charge in [-0.2, -0.15) is 13.2 Å². The van der Waals surface area contributed by atoms with Crippen LogP contribution < -0.4 is 10.1 Å². The number of methoxy groups -OCH3 is 1. The summed E-state index contributed by atoms with van der Waals surface area (Å²) in [5.41, 5.74) is -0.378. The summed E-state index contributed by atoms with van der Waals surface area (Å²) in [6.45, 7) is -0.539. The highest BCUT2D eigenvalue weighted by Gasteiger charge is 2.36. The van der Waals surface area contributed by atoms with E-state index < -0.39 is 35.3 Å². The molecule has 0 spiro atoms. The molecule has 3 amide bonds. The maximum atomic E-state index is 12.9. The minimum Gasteiger partial charge on any atom is -0.495 e. The molecule has 0 radical (unpaired) electrons. The summed E-state index contributed by atoms with van der Waals surface area (Å²) in [4.78, 5) is 37.6. The molecule has 1 heterocycles. The van der Waals surface area contributed by atoms with Crippen LogP contribution >= 0.6 is 11.8 Å². The minimum absolute atomic E-state index is 0.0654.